The first-order chi connectivity index (χ1) is 18.2. The SMILES string of the molecule is N#Cc1ccc(-c2ccc3c(c2)c2ccccc2n3-c2ccc(-c3ccncc3)c(C#N)c2)c(C#N)c1. The minimum Gasteiger partial charge on any atom is -0.309 e. The normalized spacial score (nSPS) is 10.6. The van der Waals surface area contributed by atoms with Gasteiger partial charge in [-0.15, -0.1) is 0 Å². The summed E-state index contributed by atoms with van der Waals surface area (Å²) >= 11 is 0. The molecule has 0 saturated carbocycles. The van der Waals surface area contributed by atoms with E-state index in [-0.39, 0.29) is 0 Å². The molecular weight excluding hydrogens is 454 g/mol. The molecule has 0 N–H and O–H groups in total. The molecule has 170 valence electrons. The summed E-state index contributed by atoms with van der Waals surface area (Å²) in [5.41, 5.74) is 7.92. The number of aromatic nitrogens is 2. The van der Waals surface area contributed by atoms with Gasteiger partial charge in [-0.1, -0.05) is 36.4 Å². The van der Waals surface area contributed by atoms with Crippen LogP contribution in [0.5, 0.6) is 0 Å². The zero-order chi connectivity index (χ0) is 25.4. The fourth-order valence-corrected chi connectivity index (χ4v) is 4.92. The second-order valence-corrected chi connectivity index (χ2v) is 8.65. The standard InChI is InChI=1S/C32H17N5/c33-18-21-5-8-28(24(15-21)19-34)23-6-10-32-30(17-23)29-3-1-2-4-31(29)37(32)26-7-9-27(25(16-26)20-35)22-11-13-36-14-12-22/h1-17H. The van der Waals surface area contributed by atoms with Gasteiger partial charge in [-0.05, 0) is 76.9 Å². The Kier molecular flexibility index (Phi) is 5.20. The van der Waals surface area contributed by atoms with Crippen molar-refractivity contribution in [2.45, 2.75) is 0 Å². The summed E-state index contributed by atoms with van der Waals surface area (Å²) in [5, 5.41) is 31.0. The highest BCUT2D eigenvalue weighted by Crippen LogP contribution is 2.36. The van der Waals surface area contributed by atoms with Crippen LogP contribution in [0.1, 0.15) is 16.7 Å². The maximum atomic E-state index is 9.96. The molecule has 5 heteroatoms. The fraction of sp³-hybridized carbons (Fsp3) is 0. The Hall–Kier alpha value is -5.70. The quantitative estimate of drug-likeness (QED) is 0.275. The van der Waals surface area contributed by atoms with Gasteiger partial charge in [0, 0.05) is 28.9 Å². The van der Waals surface area contributed by atoms with Crippen LogP contribution < -0.4 is 0 Å². The van der Waals surface area contributed by atoms with Crippen molar-refractivity contribution >= 4 is 21.8 Å². The van der Waals surface area contributed by atoms with E-state index < -0.39 is 0 Å². The second-order valence-electron chi connectivity index (χ2n) is 8.65. The molecular formula is C32H17N5. The van der Waals surface area contributed by atoms with Crippen LogP contribution in [0, 0.1) is 34.0 Å². The minimum absolute atomic E-state index is 0.460. The van der Waals surface area contributed by atoms with Crippen molar-refractivity contribution in [1.29, 1.82) is 15.8 Å². The van der Waals surface area contributed by atoms with Crippen molar-refractivity contribution in [1.82, 2.24) is 9.55 Å². The average Bonchev–Trinajstić information content (AvgIpc) is 3.30. The van der Waals surface area contributed by atoms with Crippen molar-refractivity contribution in [3.8, 4) is 46.1 Å². The molecule has 0 aliphatic carbocycles. The zero-order valence-corrected chi connectivity index (χ0v) is 19.6. The molecule has 0 radical (unpaired) electrons. The molecule has 37 heavy (non-hydrogen) atoms. The van der Waals surface area contributed by atoms with Gasteiger partial charge in [-0.2, -0.15) is 15.8 Å². The molecule has 6 aromatic rings. The zero-order valence-electron chi connectivity index (χ0n) is 19.6. The third-order valence-electron chi connectivity index (χ3n) is 6.63. The first-order valence-corrected chi connectivity index (χ1v) is 11.6. The first-order valence-electron chi connectivity index (χ1n) is 11.6. The van der Waals surface area contributed by atoms with Gasteiger partial charge in [0.1, 0.15) is 0 Å². The molecule has 5 nitrogen and oxygen atoms in total. The van der Waals surface area contributed by atoms with Crippen LogP contribution >= 0.6 is 0 Å². The monoisotopic (exact) mass is 471 g/mol. The Morgan fingerprint density at radius 3 is 2.05 bits per heavy atom. The predicted molar refractivity (Wildman–Crippen MR) is 144 cm³/mol. The Morgan fingerprint density at radius 2 is 1.27 bits per heavy atom. The van der Waals surface area contributed by atoms with Crippen LogP contribution in [0.15, 0.2) is 103 Å². The van der Waals surface area contributed by atoms with E-state index >= 15 is 0 Å². The lowest BCUT2D eigenvalue weighted by molar-refractivity contribution is 1.18. The van der Waals surface area contributed by atoms with Crippen molar-refractivity contribution in [2.24, 2.45) is 0 Å². The molecule has 0 atom stereocenters. The van der Waals surface area contributed by atoms with Gasteiger partial charge in [0.2, 0.25) is 0 Å². The second kappa shape index (κ2) is 8.82. The molecule has 2 heterocycles. The predicted octanol–water partition coefficient (Wildman–Crippen LogP) is 7.13. The van der Waals surface area contributed by atoms with Crippen LogP contribution in [-0.2, 0) is 0 Å². The number of hydrogen-bond donors (Lipinski definition) is 0. The molecule has 4 aromatic carbocycles. The molecule has 0 spiro atoms. The number of pyridine rings is 1. The number of hydrogen-bond acceptors (Lipinski definition) is 4. The van der Waals surface area contributed by atoms with Crippen molar-refractivity contribution < 1.29 is 0 Å². The van der Waals surface area contributed by atoms with E-state index in [1.165, 1.54) is 0 Å². The number of nitrogens with zero attached hydrogens (tertiary/aromatic N) is 5. The maximum Gasteiger partial charge on any atom is 0.0998 e. The van der Waals surface area contributed by atoms with Gasteiger partial charge < -0.3 is 4.57 Å². The van der Waals surface area contributed by atoms with E-state index in [0.717, 1.165) is 49.7 Å². The smallest absolute Gasteiger partial charge is 0.0998 e. The molecule has 0 bridgehead atoms. The van der Waals surface area contributed by atoms with Gasteiger partial charge in [0.05, 0.1) is 45.9 Å². The molecule has 0 aliphatic rings. The summed E-state index contributed by atoms with van der Waals surface area (Å²) in [4.78, 5) is 4.08. The molecule has 0 saturated heterocycles. The summed E-state index contributed by atoms with van der Waals surface area (Å²) in [6.07, 6.45) is 3.45. The molecule has 0 fully saturated rings. The molecule has 0 aliphatic heterocycles. The highest BCUT2D eigenvalue weighted by molar-refractivity contribution is 6.10. The Bertz CT molecular complexity index is 1960. The minimum atomic E-state index is 0.460. The lowest BCUT2D eigenvalue weighted by Gasteiger charge is -2.11. The van der Waals surface area contributed by atoms with Gasteiger partial charge in [-0.25, -0.2) is 0 Å². The third kappa shape index (κ3) is 3.58. The Balaban J connectivity index is 1.57. The highest BCUT2D eigenvalue weighted by atomic mass is 15.0. The molecule has 0 amide bonds. The Labute approximate surface area is 213 Å². The van der Waals surface area contributed by atoms with Crippen LogP contribution in [0.25, 0.3) is 49.7 Å². The number of benzene rings is 4. The van der Waals surface area contributed by atoms with E-state index in [0.29, 0.717) is 16.7 Å². The van der Waals surface area contributed by atoms with Gasteiger partial charge in [-0.3, -0.25) is 4.98 Å². The van der Waals surface area contributed by atoms with E-state index in [9.17, 15) is 15.8 Å². The first kappa shape index (κ1) is 21.8. The van der Waals surface area contributed by atoms with Crippen LogP contribution in [0.4, 0.5) is 0 Å². The largest absolute Gasteiger partial charge is 0.309 e. The van der Waals surface area contributed by atoms with Crippen LogP contribution in [-0.4, -0.2) is 9.55 Å². The lowest BCUT2D eigenvalue weighted by Crippen LogP contribution is -1.96. The summed E-state index contributed by atoms with van der Waals surface area (Å²) in [7, 11) is 0. The van der Waals surface area contributed by atoms with Crippen molar-refractivity contribution in [3.05, 3.63) is 120 Å². The molecule has 6 rings (SSSR count). The topological polar surface area (TPSA) is 89.2 Å². The number of para-hydroxylation sites is 1. The lowest BCUT2D eigenvalue weighted by atomic mass is 9.97. The van der Waals surface area contributed by atoms with E-state index in [2.05, 4.69) is 46.0 Å². The number of fused-ring (bicyclic) bond motifs is 3. The summed E-state index contributed by atoms with van der Waals surface area (Å²) in [5.74, 6) is 0. The van der Waals surface area contributed by atoms with Crippen molar-refractivity contribution in [3.63, 3.8) is 0 Å². The van der Waals surface area contributed by atoms with Gasteiger partial charge in [0.15, 0.2) is 0 Å². The van der Waals surface area contributed by atoms with Crippen LogP contribution in [0.2, 0.25) is 0 Å². The van der Waals surface area contributed by atoms with Gasteiger partial charge in [0.25, 0.3) is 0 Å². The van der Waals surface area contributed by atoms with E-state index in [1.54, 1.807) is 24.5 Å². The van der Waals surface area contributed by atoms with E-state index in [4.69, 9.17) is 0 Å². The van der Waals surface area contributed by atoms with Crippen molar-refractivity contribution in [2.75, 3.05) is 0 Å². The Morgan fingerprint density at radius 1 is 0.568 bits per heavy atom. The molecule has 2 aromatic heterocycles. The summed E-state index contributed by atoms with van der Waals surface area (Å²) in [6.45, 7) is 0. The highest BCUT2D eigenvalue weighted by Gasteiger charge is 2.16. The van der Waals surface area contributed by atoms with Crippen LogP contribution in [0.3, 0.4) is 0 Å². The average molecular weight is 472 g/mol. The van der Waals surface area contributed by atoms with Gasteiger partial charge >= 0.3 is 0 Å². The molecule has 0 unspecified atom stereocenters. The maximum absolute atomic E-state index is 9.96. The number of nitriles is 3. The number of rotatable bonds is 3. The third-order valence-corrected chi connectivity index (χ3v) is 6.63. The van der Waals surface area contributed by atoms with E-state index in [1.807, 2.05) is 60.7 Å². The summed E-state index contributed by atoms with van der Waals surface area (Å²) in [6, 6.07) is 35.9. The summed E-state index contributed by atoms with van der Waals surface area (Å²) < 4.78 is 2.16. The fourth-order valence-electron chi connectivity index (χ4n) is 4.92.